The van der Waals surface area contributed by atoms with Crippen LogP contribution in [0.1, 0.15) is 29.6 Å². The molecule has 1 aliphatic carbocycles. The van der Waals surface area contributed by atoms with Gasteiger partial charge in [-0.05, 0) is 31.4 Å². The van der Waals surface area contributed by atoms with Crippen LogP contribution in [0.15, 0.2) is 12.1 Å². The van der Waals surface area contributed by atoms with Crippen LogP contribution in [-0.4, -0.2) is 46.1 Å². The molecule has 0 amide bonds. The molecule has 6 heteroatoms. The van der Waals surface area contributed by atoms with E-state index in [2.05, 4.69) is 15.2 Å². The molecule has 3 rings (SSSR count). The molecule has 1 aliphatic heterocycles. The second kappa shape index (κ2) is 4.98. The number of hydrogen-bond acceptors (Lipinski definition) is 4. The molecule has 5 nitrogen and oxygen atoms in total. The summed E-state index contributed by atoms with van der Waals surface area (Å²) in [4.78, 5) is 17.7. The third kappa shape index (κ3) is 2.82. The Bertz CT molecular complexity index is 505. The standard InChI is InChI=1S/C13H16ClN3O2/c14-11-4-3-10(13(18)19)12(16-11)15-8-5-6-17(7-8)9-1-2-9/h3-4,8-9H,1-2,5-7H2,(H,15,16)(H,18,19). The van der Waals surface area contributed by atoms with Gasteiger partial charge in [-0.1, -0.05) is 11.6 Å². The van der Waals surface area contributed by atoms with E-state index in [1.165, 1.54) is 25.0 Å². The highest BCUT2D eigenvalue weighted by atomic mass is 35.5. The smallest absolute Gasteiger partial charge is 0.339 e. The SMILES string of the molecule is O=C(O)c1ccc(Cl)nc1NC1CCN(C2CC2)C1. The second-order valence-electron chi connectivity index (χ2n) is 5.19. The molecule has 0 spiro atoms. The van der Waals surface area contributed by atoms with Crippen LogP contribution in [0.4, 0.5) is 5.82 Å². The third-order valence-corrected chi connectivity index (χ3v) is 3.93. The lowest BCUT2D eigenvalue weighted by molar-refractivity contribution is 0.0697. The van der Waals surface area contributed by atoms with Gasteiger partial charge in [0.15, 0.2) is 0 Å². The number of hydrogen-bond donors (Lipinski definition) is 2. The number of carboxylic acid groups (broad SMARTS) is 1. The number of aromatic carboxylic acids is 1. The van der Waals surface area contributed by atoms with Gasteiger partial charge in [-0.15, -0.1) is 0 Å². The Balaban J connectivity index is 1.72. The van der Waals surface area contributed by atoms with Crippen molar-refractivity contribution < 1.29 is 9.90 Å². The van der Waals surface area contributed by atoms with E-state index < -0.39 is 5.97 Å². The highest BCUT2D eigenvalue weighted by Gasteiger charge is 2.34. The van der Waals surface area contributed by atoms with E-state index >= 15 is 0 Å². The number of rotatable bonds is 4. The summed E-state index contributed by atoms with van der Waals surface area (Å²) < 4.78 is 0. The van der Waals surface area contributed by atoms with Crippen molar-refractivity contribution in [3.05, 3.63) is 22.8 Å². The highest BCUT2D eigenvalue weighted by Crippen LogP contribution is 2.30. The molecule has 19 heavy (non-hydrogen) atoms. The summed E-state index contributed by atoms with van der Waals surface area (Å²) in [6.45, 7) is 2.03. The molecule has 2 fully saturated rings. The van der Waals surface area contributed by atoms with Crippen molar-refractivity contribution in [1.29, 1.82) is 0 Å². The fraction of sp³-hybridized carbons (Fsp3) is 0.538. The Morgan fingerprint density at radius 2 is 2.21 bits per heavy atom. The van der Waals surface area contributed by atoms with E-state index in [4.69, 9.17) is 16.7 Å². The van der Waals surface area contributed by atoms with Crippen molar-refractivity contribution in [1.82, 2.24) is 9.88 Å². The largest absolute Gasteiger partial charge is 0.478 e. The van der Waals surface area contributed by atoms with Crippen molar-refractivity contribution >= 4 is 23.4 Å². The predicted molar refractivity (Wildman–Crippen MR) is 72.8 cm³/mol. The van der Waals surface area contributed by atoms with Crippen molar-refractivity contribution in [2.45, 2.75) is 31.3 Å². The van der Waals surface area contributed by atoms with Crippen LogP contribution in [0, 0.1) is 0 Å². The average Bonchev–Trinajstić information content (AvgIpc) is 3.10. The number of nitrogens with one attached hydrogen (secondary N) is 1. The molecule has 0 aromatic carbocycles. The van der Waals surface area contributed by atoms with Gasteiger partial charge in [0.05, 0.1) is 0 Å². The maximum atomic E-state index is 11.2. The summed E-state index contributed by atoms with van der Waals surface area (Å²) in [6.07, 6.45) is 3.61. The van der Waals surface area contributed by atoms with Gasteiger partial charge < -0.3 is 10.4 Å². The van der Waals surface area contributed by atoms with Crippen molar-refractivity contribution in [3.8, 4) is 0 Å². The monoisotopic (exact) mass is 281 g/mol. The molecule has 0 radical (unpaired) electrons. The maximum Gasteiger partial charge on any atom is 0.339 e. The number of aromatic nitrogens is 1. The fourth-order valence-corrected chi connectivity index (χ4v) is 2.74. The van der Waals surface area contributed by atoms with Crippen molar-refractivity contribution in [2.24, 2.45) is 0 Å². The summed E-state index contributed by atoms with van der Waals surface area (Å²) in [5.41, 5.74) is 0.175. The summed E-state index contributed by atoms with van der Waals surface area (Å²) in [6, 6.07) is 4.00. The lowest BCUT2D eigenvalue weighted by Crippen LogP contribution is -2.28. The first-order chi connectivity index (χ1) is 9.13. The van der Waals surface area contributed by atoms with Gasteiger partial charge in [-0.2, -0.15) is 0 Å². The Kier molecular flexibility index (Phi) is 3.33. The Hall–Kier alpha value is -1.33. The zero-order valence-corrected chi connectivity index (χ0v) is 11.2. The summed E-state index contributed by atoms with van der Waals surface area (Å²) in [5, 5.41) is 12.7. The van der Waals surface area contributed by atoms with Gasteiger partial charge in [-0.3, -0.25) is 4.90 Å². The first-order valence-corrected chi connectivity index (χ1v) is 6.91. The molecule has 1 saturated carbocycles. The number of anilines is 1. The minimum atomic E-state index is -0.983. The van der Waals surface area contributed by atoms with Gasteiger partial charge in [0, 0.05) is 25.2 Å². The number of carbonyl (C=O) groups is 1. The van der Waals surface area contributed by atoms with Crippen LogP contribution in [0.25, 0.3) is 0 Å². The quantitative estimate of drug-likeness (QED) is 0.827. The van der Waals surface area contributed by atoms with E-state index in [0.717, 1.165) is 25.6 Å². The number of halogens is 1. The number of pyridine rings is 1. The van der Waals surface area contributed by atoms with E-state index in [1.807, 2.05) is 0 Å². The van der Waals surface area contributed by atoms with Crippen molar-refractivity contribution in [3.63, 3.8) is 0 Å². The average molecular weight is 282 g/mol. The summed E-state index contributed by atoms with van der Waals surface area (Å²) >= 11 is 5.84. The molecule has 2 aliphatic rings. The Labute approximate surface area is 116 Å². The minimum absolute atomic E-state index is 0.175. The molecule has 1 unspecified atom stereocenters. The summed E-state index contributed by atoms with van der Waals surface area (Å²) in [7, 11) is 0. The van der Waals surface area contributed by atoms with E-state index in [-0.39, 0.29) is 11.6 Å². The van der Waals surface area contributed by atoms with Crippen LogP contribution in [-0.2, 0) is 0 Å². The molecule has 1 aromatic heterocycles. The van der Waals surface area contributed by atoms with Crippen LogP contribution in [0.2, 0.25) is 5.15 Å². The molecule has 102 valence electrons. The van der Waals surface area contributed by atoms with E-state index in [1.54, 1.807) is 0 Å². The van der Waals surface area contributed by atoms with Crippen molar-refractivity contribution in [2.75, 3.05) is 18.4 Å². The maximum absolute atomic E-state index is 11.2. The zero-order valence-electron chi connectivity index (χ0n) is 10.5. The first-order valence-electron chi connectivity index (χ1n) is 6.54. The first kappa shape index (κ1) is 12.7. The molecule has 0 bridgehead atoms. The van der Waals surface area contributed by atoms with Gasteiger partial charge in [0.1, 0.15) is 16.5 Å². The van der Waals surface area contributed by atoms with Crippen LogP contribution in [0.3, 0.4) is 0 Å². The fourth-order valence-electron chi connectivity index (χ4n) is 2.59. The van der Waals surface area contributed by atoms with Crippen LogP contribution >= 0.6 is 11.6 Å². The van der Waals surface area contributed by atoms with Crippen LogP contribution in [0.5, 0.6) is 0 Å². The predicted octanol–water partition coefficient (Wildman–Crippen LogP) is 2.08. The molecule has 1 saturated heterocycles. The van der Waals surface area contributed by atoms with E-state index in [9.17, 15) is 4.79 Å². The number of nitrogens with zero attached hydrogens (tertiary/aromatic N) is 2. The number of likely N-dealkylation sites (tertiary alicyclic amines) is 1. The van der Waals surface area contributed by atoms with Gasteiger partial charge in [0.25, 0.3) is 0 Å². The minimum Gasteiger partial charge on any atom is -0.478 e. The van der Waals surface area contributed by atoms with Crippen LogP contribution < -0.4 is 5.32 Å². The molecule has 1 aromatic rings. The van der Waals surface area contributed by atoms with Gasteiger partial charge >= 0.3 is 5.97 Å². The second-order valence-corrected chi connectivity index (χ2v) is 5.58. The zero-order chi connectivity index (χ0) is 13.4. The Morgan fingerprint density at radius 1 is 1.42 bits per heavy atom. The normalized spacial score (nSPS) is 23.5. The third-order valence-electron chi connectivity index (χ3n) is 3.72. The van der Waals surface area contributed by atoms with Gasteiger partial charge in [0.2, 0.25) is 0 Å². The molecular weight excluding hydrogens is 266 g/mol. The highest BCUT2D eigenvalue weighted by molar-refractivity contribution is 6.29. The summed E-state index contributed by atoms with van der Waals surface area (Å²) in [5.74, 6) is -0.605. The molecular formula is C13H16ClN3O2. The lowest BCUT2D eigenvalue weighted by atomic mass is 10.2. The number of carboxylic acids is 1. The van der Waals surface area contributed by atoms with E-state index in [0.29, 0.717) is 11.0 Å². The lowest BCUT2D eigenvalue weighted by Gasteiger charge is -2.17. The molecule has 2 heterocycles. The van der Waals surface area contributed by atoms with Gasteiger partial charge in [-0.25, -0.2) is 9.78 Å². The molecule has 2 N–H and O–H groups in total. The topological polar surface area (TPSA) is 65.5 Å². The Morgan fingerprint density at radius 3 is 2.89 bits per heavy atom. The molecule has 1 atom stereocenters.